The van der Waals surface area contributed by atoms with Crippen molar-refractivity contribution >= 4 is 19.8 Å². The Balaban J connectivity index is 4.03. The van der Waals surface area contributed by atoms with Gasteiger partial charge in [-0.05, 0) is 161 Å². The topological polar surface area (TPSA) is 134 Å². The van der Waals surface area contributed by atoms with Gasteiger partial charge in [-0.2, -0.15) is 0 Å². The standard InChI is InChI=1S/C85H132NO8P/c1-3-5-7-9-11-13-15-17-19-21-23-25-27-29-31-33-35-37-38-39-40-41-42-43-44-46-48-50-52-54-56-58-60-62-64-66-68-70-72-74-76-78-85(88)94-83(82-93-95(89,90)92-80-79-86)81-91-84(87)77-75-73-71-69-67-65-63-61-59-57-55-53-51-49-47-45-36-34-32-30-28-26-24-22-20-18-16-14-12-10-8-6-4-2/h5-8,11-14,17-20,23-26,29-32,35-37,39-40,42-43,45-46,48-49,51-52,54-55,57-58,60,83H,3-4,9-10,15-16,21-22,27-28,33-34,38,41,44,47,50,53,56,59,61-82,86H2,1-2H3,(H,89,90)/b7-5-,8-6-,13-11-,14-12-,19-17-,20-18-,25-23-,26-24-,31-29-,32-30-,37-35-,40-39-,43-42-,45-36-,48-46-,51-49-,54-52-,57-55-,60-58-. The maximum Gasteiger partial charge on any atom is 0.472 e. The third-order valence-electron chi connectivity index (χ3n) is 14.5. The smallest absolute Gasteiger partial charge is 0.462 e. The zero-order chi connectivity index (χ0) is 68.6. The number of carbonyl (C=O) groups is 2. The van der Waals surface area contributed by atoms with Crippen LogP contribution in [0.25, 0.3) is 0 Å². The van der Waals surface area contributed by atoms with Gasteiger partial charge in [-0.3, -0.25) is 18.6 Å². The van der Waals surface area contributed by atoms with Crippen LogP contribution in [0.4, 0.5) is 0 Å². The number of phosphoric acid groups is 1. The minimum atomic E-state index is -4.42. The first kappa shape index (κ1) is 89.1. The maximum atomic E-state index is 12.8. The monoisotopic (exact) mass is 1330 g/mol. The zero-order valence-electron chi connectivity index (χ0n) is 59.5. The van der Waals surface area contributed by atoms with Crippen molar-refractivity contribution in [1.82, 2.24) is 0 Å². The third-order valence-corrected chi connectivity index (χ3v) is 15.5. The van der Waals surface area contributed by atoms with Crippen LogP contribution in [-0.4, -0.2) is 49.3 Å². The molecule has 0 radical (unpaired) electrons. The van der Waals surface area contributed by atoms with Gasteiger partial charge in [0.05, 0.1) is 13.2 Å². The van der Waals surface area contributed by atoms with Gasteiger partial charge in [-0.15, -0.1) is 0 Å². The highest BCUT2D eigenvalue weighted by molar-refractivity contribution is 7.47. The number of carbonyl (C=O) groups excluding carboxylic acids is 2. The van der Waals surface area contributed by atoms with Crippen molar-refractivity contribution in [1.29, 1.82) is 0 Å². The Kier molecular flexibility index (Phi) is 72.3. The van der Waals surface area contributed by atoms with E-state index >= 15 is 0 Å². The van der Waals surface area contributed by atoms with Crippen LogP contribution in [0.5, 0.6) is 0 Å². The summed E-state index contributed by atoms with van der Waals surface area (Å²) in [5.41, 5.74) is 5.40. The summed E-state index contributed by atoms with van der Waals surface area (Å²) < 4.78 is 33.2. The lowest BCUT2D eigenvalue weighted by Crippen LogP contribution is -2.29. The number of hydrogen-bond acceptors (Lipinski definition) is 8. The minimum Gasteiger partial charge on any atom is -0.462 e. The molecule has 0 rings (SSSR count). The first-order chi connectivity index (χ1) is 46.8. The molecule has 9 nitrogen and oxygen atoms in total. The second-order valence-electron chi connectivity index (χ2n) is 23.3. The van der Waals surface area contributed by atoms with E-state index in [4.69, 9.17) is 24.3 Å². The summed E-state index contributed by atoms with van der Waals surface area (Å²) in [6.45, 7) is 3.47. The van der Waals surface area contributed by atoms with E-state index in [0.29, 0.717) is 12.8 Å². The summed E-state index contributed by atoms with van der Waals surface area (Å²) in [5, 5.41) is 0. The summed E-state index contributed by atoms with van der Waals surface area (Å²) in [5.74, 6) is -0.866. The molecule has 0 amide bonds. The van der Waals surface area contributed by atoms with Crippen LogP contribution in [0.2, 0.25) is 0 Å². The molecule has 0 aromatic carbocycles. The molecule has 0 fully saturated rings. The van der Waals surface area contributed by atoms with Gasteiger partial charge >= 0.3 is 19.8 Å². The van der Waals surface area contributed by atoms with Gasteiger partial charge in [0.25, 0.3) is 0 Å². The second kappa shape index (κ2) is 77.1. The second-order valence-corrected chi connectivity index (χ2v) is 24.8. The van der Waals surface area contributed by atoms with E-state index in [1.165, 1.54) is 38.5 Å². The number of unbranched alkanes of at least 4 members (excludes halogenated alkanes) is 15. The van der Waals surface area contributed by atoms with E-state index in [0.717, 1.165) is 180 Å². The third kappa shape index (κ3) is 77.0. The van der Waals surface area contributed by atoms with Gasteiger partial charge < -0.3 is 20.1 Å². The van der Waals surface area contributed by atoms with E-state index in [-0.39, 0.29) is 32.6 Å². The minimum absolute atomic E-state index is 0.0380. The highest BCUT2D eigenvalue weighted by Gasteiger charge is 2.26. The lowest BCUT2D eigenvalue weighted by molar-refractivity contribution is -0.161. The normalized spacial score (nSPS) is 14.3. The van der Waals surface area contributed by atoms with Crippen LogP contribution in [0.1, 0.15) is 258 Å². The Morgan fingerprint density at radius 2 is 0.547 bits per heavy atom. The molecule has 10 heteroatoms. The molecule has 0 saturated carbocycles. The van der Waals surface area contributed by atoms with E-state index in [1.807, 2.05) is 0 Å². The molecule has 0 aliphatic heterocycles. The van der Waals surface area contributed by atoms with Gasteiger partial charge in [0.1, 0.15) is 6.61 Å². The van der Waals surface area contributed by atoms with Crippen molar-refractivity contribution in [2.75, 3.05) is 26.4 Å². The van der Waals surface area contributed by atoms with Crippen LogP contribution >= 0.6 is 7.82 Å². The maximum absolute atomic E-state index is 12.8. The number of allylic oxidation sites excluding steroid dienone is 38. The predicted octanol–water partition coefficient (Wildman–Crippen LogP) is 25.0. The molecular formula is C85H132NO8P. The molecule has 0 aliphatic carbocycles. The van der Waals surface area contributed by atoms with Gasteiger partial charge in [0.15, 0.2) is 6.10 Å². The fraction of sp³-hybridized carbons (Fsp3) is 0.529. The molecule has 0 bridgehead atoms. The van der Waals surface area contributed by atoms with Crippen LogP contribution in [0.3, 0.4) is 0 Å². The number of ether oxygens (including phenoxy) is 2. The molecule has 0 aromatic heterocycles. The fourth-order valence-corrected chi connectivity index (χ4v) is 9.95. The summed E-state index contributed by atoms with van der Waals surface area (Å²) in [4.78, 5) is 35.4. The Morgan fingerprint density at radius 3 is 0.811 bits per heavy atom. The molecule has 0 aromatic rings. The molecule has 3 N–H and O–H groups in total. The molecule has 0 saturated heterocycles. The largest absolute Gasteiger partial charge is 0.472 e. The first-order valence-electron chi connectivity index (χ1n) is 36.9. The van der Waals surface area contributed by atoms with Gasteiger partial charge in [0, 0.05) is 19.4 Å². The Hall–Kier alpha value is -5.93. The Bertz CT molecular complexity index is 2410. The molecule has 0 aliphatic rings. The lowest BCUT2D eigenvalue weighted by Gasteiger charge is -2.19. The van der Waals surface area contributed by atoms with Crippen LogP contribution in [0.15, 0.2) is 231 Å². The highest BCUT2D eigenvalue weighted by atomic mass is 31.2. The van der Waals surface area contributed by atoms with Crippen LogP contribution in [0, 0.1) is 0 Å². The van der Waals surface area contributed by atoms with Crippen LogP contribution in [-0.2, 0) is 32.7 Å². The molecule has 2 unspecified atom stereocenters. The van der Waals surface area contributed by atoms with Crippen molar-refractivity contribution < 1.29 is 37.6 Å². The fourth-order valence-electron chi connectivity index (χ4n) is 9.19. The number of hydrogen-bond donors (Lipinski definition) is 2. The van der Waals surface area contributed by atoms with Crippen molar-refractivity contribution in [3.05, 3.63) is 231 Å². The number of esters is 2. The first-order valence-corrected chi connectivity index (χ1v) is 38.4. The highest BCUT2D eigenvalue weighted by Crippen LogP contribution is 2.43. The van der Waals surface area contributed by atoms with Gasteiger partial charge in [-0.25, -0.2) is 4.57 Å². The number of rotatable bonds is 66. The van der Waals surface area contributed by atoms with E-state index < -0.39 is 32.5 Å². The van der Waals surface area contributed by atoms with Crippen molar-refractivity contribution in [2.24, 2.45) is 5.73 Å². The zero-order valence-corrected chi connectivity index (χ0v) is 60.4. The SMILES string of the molecule is CC/C=C\C/C=C\C/C=C\C/C=C\C/C=C\C/C=C\C/C=C\C/C=C\C/C=C\C/C=C\C/C=C\CCCCCCCCCC(=O)OC(COC(=O)CCCCCCCCCC/C=C\C/C=C\C/C=C\C/C=C\C/C=C\C/C=C\C/C=C\C/C=C\CC)COP(=O)(O)OCCN. The molecule has 95 heavy (non-hydrogen) atoms. The number of phosphoric ester groups is 1. The van der Waals surface area contributed by atoms with E-state index in [2.05, 4.69) is 245 Å². The Morgan fingerprint density at radius 1 is 0.316 bits per heavy atom. The molecule has 530 valence electrons. The molecule has 2 atom stereocenters. The summed E-state index contributed by atoms with van der Waals surface area (Å²) in [7, 11) is -4.42. The molecule has 0 spiro atoms. The van der Waals surface area contributed by atoms with Crippen molar-refractivity contribution in [3.63, 3.8) is 0 Å². The van der Waals surface area contributed by atoms with Crippen LogP contribution < -0.4 is 5.73 Å². The average Bonchev–Trinajstić information content (AvgIpc) is 2.75. The Labute approximate surface area is 581 Å². The summed E-state index contributed by atoms with van der Waals surface area (Å²) in [6, 6.07) is 0. The lowest BCUT2D eigenvalue weighted by atomic mass is 10.1. The predicted molar refractivity (Wildman–Crippen MR) is 412 cm³/mol. The number of nitrogens with two attached hydrogens (primary N) is 1. The molecular weight excluding hydrogens is 1190 g/mol. The van der Waals surface area contributed by atoms with Crippen molar-refractivity contribution in [2.45, 2.75) is 264 Å². The summed E-state index contributed by atoms with van der Waals surface area (Å²) in [6.07, 6.45) is 121. The average molecular weight is 1330 g/mol. The quantitative estimate of drug-likeness (QED) is 0.0264. The van der Waals surface area contributed by atoms with E-state index in [1.54, 1.807) is 0 Å². The van der Waals surface area contributed by atoms with Crippen molar-refractivity contribution in [3.8, 4) is 0 Å². The van der Waals surface area contributed by atoms with E-state index in [9.17, 15) is 19.0 Å². The van der Waals surface area contributed by atoms with Gasteiger partial charge in [-0.1, -0.05) is 315 Å². The molecule has 0 heterocycles. The summed E-state index contributed by atoms with van der Waals surface area (Å²) >= 11 is 0. The van der Waals surface area contributed by atoms with Gasteiger partial charge in [0.2, 0.25) is 0 Å².